The minimum Gasteiger partial charge on any atom is -0.450 e. The molecule has 1 fully saturated rings. The number of rotatable bonds is 8. The number of carbonyl (C=O) groups is 2. The lowest BCUT2D eigenvalue weighted by molar-refractivity contribution is -0.132. The van der Waals surface area contributed by atoms with Gasteiger partial charge in [-0.05, 0) is 32.8 Å². The highest BCUT2D eigenvalue weighted by atomic mass is 32.2. The van der Waals surface area contributed by atoms with E-state index in [-0.39, 0.29) is 17.6 Å². The van der Waals surface area contributed by atoms with Crippen LogP contribution in [-0.2, 0) is 23.0 Å². The second-order valence-corrected chi connectivity index (χ2v) is 9.57. The van der Waals surface area contributed by atoms with Crippen LogP contribution in [0.25, 0.3) is 0 Å². The molecule has 0 bridgehead atoms. The quantitative estimate of drug-likeness (QED) is 0.324. The third-order valence-corrected chi connectivity index (χ3v) is 7.05. The molecule has 2 amide bonds. The van der Waals surface area contributed by atoms with Crippen LogP contribution in [0.4, 0.5) is 4.79 Å². The van der Waals surface area contributed by atoms with Gasteiger partial charge in [0.25, 0.3) is 5.56 Å². The first-order valence-corrected chi connectivity index (χ1v) is 12.7. The molecular formula is C25H34N4O4S. The molecule has 1 aromatic heterocycles. The van der Waals surface area contributed by atoms with Crippen LogP contribution in [0.5, 0.6) is 0 Å². The molecule has 1 aliphatic heterocycles. The lowest BCUT2D eigenvalue weighted by Crippen LogP contribution is -2.50. The van der Waals surface area contributed by atoms with Crippen molar-refractivity contribution in [3.63, 3.8) is 0 Å². The summed E-state index contributed by atoms with van der Waals surface area (Å²) in [6, 6.07) is 8.17. The van der Waals surface area contributed by atoms with Gasteiger partial charge in [-0.1, -0.05) is 41.6 Å². The van der Waals surface area contributed by atoms with Crippen molar-refractivity contribution in [2.24, 2.45) is 7.05 Å². The van der Waals surface area contributed by atoms with Crippen LogP contribution in [0.2, 0.25) is 0 Å². The average molecular weight is 487 g/mol. The van der Waals surface area contributed by atoms with E-state index in [1.165, 1.54) is 17.3 Å². The number of ether oxygens (including phenoxy) is 1. The first kappa shape index (κ1) is 25.8. The summed E-state index contributed by atoms with van der Waals surface area (Å²) in [6.07, 6.45) is 1.38. The van der Waals surface area contributed by atoms with Crippen LogP contribution in [0.15, 0.2) is 34.2 Å². The smallest absolute Gasteiger partial charge is 0.409 e. The second kappa shape index (κ2) is 12.1. The van der Waals surface area contributed by atoms with E-state index < -0.39 is 0 Å². The van der Waals surface area contributed by atoms with Crippen molar-refractivity contribution in [2.45, 2.75) is 45.2 Å². The third-order valence-electron chi connectivity index (χ3n) is 5.94. The van der Waals surface area contributed by atoms with Crippen LogP contribution >= 0.6 is 11.8 Å². The molecule has 0 atom stereocenters. The van der Waals surface area contributed by atoms with E-state index in [4.69, 9.17) is 4.74 Å². The maximum Gasteiger partial charge on any atom is 0.409 e. The van der Waals surface area contributed by atoms with E-state index in [2.05, 4.69) is 11.1 Å². The Bertz CT molecular complexity index is 1080. The van der Waals surface area contributed by atoms with Gasteiger partial charge < -0.3 is 14.5 Å². The molecule has 34 heavy (non-hydrogen) atoms. The molecule has 1 aliphatic rings. The third kappa shape index (κ3) is 6.62. The number of hydrogen-bond acceptors (Lipinski definition) is 6. The molecule has 9 heteroatoms. The van der Waals surface area contributed by atoms with E-state index in [0.29, 0.717) is 63.0 Å². The zero-order valence-corrected chi connectivity index (χ0v) is 21.3. The summed E-state index contributed by atoms with van der Waals surface area (Å²) in [6.45, 7) is 8.12. The molecule has 0 saturated carbocycles. The van der Waals surface area contributed by atoms with E-state index in [9.17, 15) is 14.4 Å². The first-order chi connectivity index (χ1) is 16.3. The van der Waals surface area contributed by atoms with Gasteiger partial charge in [-0.2, -0.15) is 0 Å². The maximum atomic E-state index is 13.0. The fourth-order valence-corrected chi connectivity index (χ4v) is 4.94. The van der Waals surface area contributed by atoms with Crippen LogP contribution in [0, 0.1) is 13.8 Å². The van der Waals surface area contributed by atoms with Crippen LogP contribution in [0.3, 0.4) is 0 Å². The van der Waals surface area contributed by atoms with Crippen molar-refractivity contribution >= 4 is 23.8 Å². The van der Waals surface area contributed by atoms with Crippen molar-refractivity contribution in [2.75, 3.05) is 38.5 Å². The van der Waals surface area contributed by atoms with Crippen LogP contribution < -0.4 is 5.56 Å². The molecule has 3 rings (SSSR count). The Labute approximate surface area is 205 Å². The van der Waals surface area contributed by atoms with Crippen LogP contribution in [0.1, 0.15) is 42.1 Å². The SMILES string of the molecule is CCOC(=O)N1CCN(C(=O)CCCSc2nc(C)c(Cc3cccc(C)c3)c(=O)n2C)CC1. The van der Waals surface area contributed by atoms with E-state index in [1.807, 2.05) is 32.0 Å². The van der Waals surface area contributed by atoms with E-state index in [1.54, 1.807) is 28.3 Å². The first-order valence-electron chi connectivity index (χ1n) is 11.7. The zero-order valence-electron chi connectivity index (χ0n) is 20.5. The van der Waals surface area contributed by atoms with E-state index >= 15 is 0 Å². The summed E-state index contributed by atoms with van der Waals surface area (Å²) in [4.78, 5) is 45.4. The fraction of sp³-hybridized carbons (Fsp3) is 0.520. The van der Waals surface area contributed by atoms with Crippen molar-refractivity contribution in [1.29, 1.82) is 0 Å². The Hall–Kier alpha value is -2.81. The monoisotopic (exact) mass is 486 g/mol. The predicted molar refractivity (Wildman–Crippen MR) is 133 cm³/mol. The molecule has 0 N–H and O–H groups in total. The molecule has 184 valence electrons. The fourth-order valence-electron chi connectivity index (χ4n) is 3.99. The number of amides is 2. The van der Waals surface area contributed by atoms with Gasteiger partial charge in [-0.25, -0.2) is 9.78 Å². The van der Waals surface area contributed by atoms with Gasteiger partial charge in [0.05, 0.1) is 6.61 Å². The van der Waals surface area contributed by atoms with Crippen molar-refractivity contribution in [3.05, 3.63) is 57.0 Å². The molecule has 2 heterocycles. The average Bonchev–Trinajstić information content (AvgIpc) is 2.82. The molecule has 1 saturated heterocycles. The van der Waals surface area contributed by atoms with Crippen molar-refractivity contribution in [3.8, 4) is 0 Å². The molecule has 0 spiro atoms. The number of thioether (sulfide) groups is 1. The van der Waals surface area contributed by atoms with Gasteiger partial charge >= 0.3 is 6.09 Å². The number of benzene rings is 1. The van der Waals surface area contributed by atoms with Gasteiger partial charge in [0.15, 0.2) is 5.16 Å². The zero-order chi connectivity index (χ0) is 24.7. The minimum absolute atomic E-state index is 0.0212. The molecular weight excluding hydrogens is 452 g/mol. The van der Waals surface area contributed by atoms with Gasteiger partial charge in [0.1, 0.15) is 0 Å². The topological polar surface area (TPSA) is 84.7 Å². The minimum atomic E-state index is -0.315. The van der Waals surface area contributed by atoms with Crippen molar-refractivity contribution in [1.82, 2.24) is 19.4 Å². The number of aromatic nitrogens is 2. The Morgan fingerprint density at radius 3 is 2.50 bits per heavy atom. The summed E-state index contributed by atoms with van der Waals surface area (Å²) in [7, 11) is 1.75. The second-order valence-electron chi connectivity index (χ2n) is 8.51. The molecule has 0 unspecified atom stereocenters. The number of hydrogen-bond donors (Lipinski definition) is 0. The largest absolute Gasteiger partial charge is 0.450 e. The number of nitrogens with zero attached hydrogens (tertiary/aromatic N) is 4. The summed E-state index contributed by atoms with van der Waals surface area (Å²) in [5.74, 6) is 0.793. The highest BCUT2D eigenvalue weighted by molar-refractivity contribution is 7.99. The maximum absolute atomic E-state index is 13.0. The van der Waals surface area contributed by atoms with Crippen LogP contribution in [-0.4, -0.2) is 69.9 Å². The lowest BCUT2D eigenvalue weighted by Gasteiger charge is -2.34. The summed E-state index contributed by atoms with van der Waals surface area (Å²) in [5.41, 5.74) is 3.72. The molecule has 0 aliphatic carbocycles. The molecule has 1 aromatic carbocycles. The normalized spacial score (nSPS) is 13.8. The summed E-state index contributed by atoms with van der Waals surface area (Å²) >= 11 is 1.50. The predicted octanol–water partition coefficient (Wildman–Crippen LogP) is 3.16. The molecule has 8 nitrogen and oxygen atoms in total. The number of aryl methyl sites for hydroxylation is 2. The summed E-state index contributed by atoms with van der Waals surface area (Å²) in [5, 5.41) is 0.672. The van der Waals surface area contributed by atoms with E-state index in [0.717, 1.165) is 16.8 Å². The Morgan fingerprint density at radius 1 is 1.12 bits per heavy atom. The van der Waals surface area contributed by atoms with Gasteiger partial charge in [0, 0.05) is 63.1 Å². The van der Waals surface area contributed by atoms with Gasteiger partial charge in [0.2, 0.25) is 5.91 Å². The number of piperazine rings is 1. The highest BCUT2D eigenvalue weighted by Gasteiger charge is 2.24. The highest BCUT2D eigenvalue weighted by Crippen LogP contribution is 2.19. The Kier molecular flexibility index (Phi) is 9.15. The van der Waals surface area contributed by atoms with Gasteiger partial charge in [-0.3, -0.25) is 14.2 Å². The molecule has 0 radical (unpaired) electrons. The Balaban J connectivity index is 1.49. The lowest BCUT2D eigenvalue weighted by atomic mass is 10.0. The van der Waals surface area contributed by atoms with Crippen molar-refractivity contribution < 1.29 is 14.3 Å². The molecule has 2 aromatic rings. The Morgan fingerprint density at radius 2 is 1.82 bits per heavy atom. The number of carbonyl (C=O) groups excluding carboxylic acids is 2. The van der Waals surface area contributed by atoms with Gasteiger partial charge in [-0.15, -0.1) is 0 Å². The standard InChI is InChI=1S/C25H34N4O4S/c1-5-33-25(32)29-13-11-28(12-14-29)22(30)10-7-15-34-24-26-19(3)21(23(31)27(24)4)17-20-9-6-8-18(2)16-20/h6,8-9,16H,5,7,10-15,17H2,1-4H3. The summed E-state index contributed by atoms with van der Waals surface area (Å²) < 4.78 is 6.63.